The van der Waals surface area contributed by atoms with Gasteiger partial charge in [0, 0.05) is 11.5 Å². The molecule has 3 rings (SSSR count). The monoisotopic (exact) mass is 447 g/mol. The standard InChI is InChI=1S/C21H25N3O4S2/c1-15-4-5-16(2)20(10-15)24(30(3,26)27)12-21(25)23-22-11-17-6-8-18(9-7-17)28-19-13-29-14-19/h4-11,19H,12-14H2,1-3H3,(H,23,25)/b22-11-. The molecule has 7 nitrogen and oxygen atoms in total. The average Bonchev–Trinajstić information content (AvgIpc) is 2.65. The lowest BCUT2D eigenvalue weighted by molar-refractivity contribution is -0.119. The molecule has 0 saturated carbocycles. The molecule has 0 unspecified atom stereocenters. The first-order chi connectivity index (χ1) is 14.2. The lowest BCUT2D eigenvalue weighted by Gasteiger charge is -2.25. The second-order valence-corrected chi connectivity index (χ2v) is 10.2. The maximum atomic E-state index is 12.3. The maximum absolute atomic E-state index is 12.3. The Labute approximate surface area is 181 Å². The van der Waals surface area contributed by atoms with Crippen LogP contribution in [0.3, 0.4) is 0 Å². The predicted molar refractivity (Wildman–Crippen MR) is 122 cm³/mol. The Balaban J connectivity index is 1.60. The molecule has 0 aromatic heterocycles. The van der Waals surface area contributed by atoms with E-state index >= 15 is 0 Å². The van der Waals surface area contributed by atoms with Crippen molar-refractivity contribution in [2.75, 3.05) is 28.6 Å². The van der Waals surface area contributed by atoms with Crippen molar-refractivity contribution in [1.29, 1.82) is 0 Å². The molecule has 1 aliphatic rings. The topological polar surface area (TPSA) is 88.1 Å². The third-order valence-corrected chi connectivity index (χ3v) is 6.86. The van der Waals surface area contributed by atoms with Crippen LogP contribution in [0.4, 0.5) is 5.69 Å². The summed E-state index contributed by atoms with van der Waals surface area (Å²) in [4.78, 5) is 12.3. The third-order valence-electron chi connectivity index (χ3n) is 4.51. The van der Waals surface area contributed by atoms with E-state index in [0.717, 1.165) is 44.5 Å². The number of sulfonamides is 1. The Morgan fingerprint density at radius 1 is 1.23 bits per heavy atom. The van der Waals surface area contributed by atoms with Crippen molar-refractivity contribution >= 4 is 39.6 Å². The summed E-state index contributed by atoms with van der Waals surface area (Å²) in [5.74, 6) is 2.31. The number of nitrogens with zero attached hydrogens (tertiary/aromatic N) is 2. The lowest BCUT2D eigenvalue weighted by atomic mass is 10.1. The fourth-order valence-corrected chi connectivity index (χ4v) is 4.29. The van der Waals surface area contributed by atoms with Gasteiger partial charge in [0.2, 0.25) is 10.0 Å². The van der Waals surface area contributed by atoms with E-state index < -0.39 is 15.9 Å². The molecule has 160 valence electrons. The van der Waals surface area contributed by atoms with Gasteiger partial charge in [-0.25, -0.2) is 13.8 Å². The Bertz CT molecular complexity index is 1030. The van der Waals surface area contributed by atoms with Gasteiger partial charge in [0.25, 0.3) is 5.91 Å². The molecule has 0 aliphatic carbocycles. The number of anilines is 1. The molecule has 2 aromatic carbocycles. The molecule has 9 heteroatoms. The molecule has 0 bridgehead atoms. The van der Waals surface area contributed by atoms with E-state index in [4.69, 9.17) is 4.74 Å². The zero-order valence-electron chi connectivity index (χ0n) is 17.2. The number of carbonyl (C=O) groups is 1. The minimum absolute atomic E-state index is 0.281. The molecule has 30 heavy (non-hydrogen) atoms. The van der Waals surface area contributed by atoms with Crippen LogP contribution in [-0.4, -0.2) is 50.9 Å². The summed E-state index contributed by atoms with van der Waals surface area (Å²) in [7, 11) is -3.64. The van der Waals surface area contributed by atoms with Crippen molar-refractivity contribution in [2.45, 2.75) is 20.0 Å². The van der Waals surface area contributed by atoms with Crippen molar-refractivity contribution in [1.82, 2.24) is 5.43 Å². The summed E-state index contributed by atoms with van der Waals surface area (Å²) in [6.07, 6.45) is 2.87. The largest absolute Gasteiger partial charge is 0.489 e. The first-order valence-electron chi connectivity index (χ1n) is 9.44. The summed E-state index contributed by atoms with van der Waals surface area (Å²) in [5.41, 5.74) is 5.35. The summed E-state index contributed by atoms with van der Waals surface area (Å²) in [6.45, 7) is 3.32. The first kappa shape index (κ1) is 22.2. The van der Waals surface area contributed by atoms with Gasteiger partial charge >= 0.3 is 0 Å². The van der Waals surface area contributed by atoms with Crippen LogP contribution >= 0.6 is 11.8 Å². The molecule has 0 radical (unpaired) electrons. The van der Waals surface area contributed by atoms with Crippen LogP contribution in [0.1, 0.15) is 16.7 Å². The van der Waals surface area contributed by atoms with Gasteiger partial charge in [-0.2, -0.15) is 16.9 Å². The summed E-state index contributed by atoms with van der Waals surface area (Å²) in [6, 6.07) is 12.9. The molecular formula is C21H25N3O4S2. The second-order valence-electron chi connectivity index (χ2n) is 7.20. The van der Waals surface area contributed by atoms with E-state index in [1.165, 1.54) is 6.21 Å². The first-order valence-corrected chi connectivity index (χ1v) is 12.4. The van der Waals surface area contributed by atoms with E-state index in [1.54, 1.807) is 13.0 Å². The van der Waals surface area contributed by atoms with Crippen molar-refractivity contribution in [3.05, 3.63) is 59.2 Å². The minimum atomic E-state index is -3.64. The number of hydrogen-bond donors (Lipinski definition) is 1. The zero-order valence-corrected chi connectivity index (χ0v) is 18.8. The van der Waals surface area contributed by atoms with Crippen LogP contribution in [0.15, 0.2) is 47.6 Å². The highest BCUT2D eigenvalue weighted by atomic mass is 32.2. The number of nitrogens with one attached hydrogen (secondary N) is 1. The Kier molecular flexibility index (Phi) is 7.04. The molecule has 2 aromatic rings. The van der Waals surface area contributed by atoms with Crippen LogP contribution in [0.5, 0.6) is 5.75 Å². The van der Waals surface area contributed by atoms with Crippen molar-refractivity contribution in [2.24, 2.45) is 5.10 Å². The number of carbonyl (C=O) groups excluding carboxylic acids is 1. The van der Waals surface area contributed by atoms with Crippen LogP contribution in [-0.2, 0) is 14.8 Å². The van der Waals surface area contributed by atoms with Crippen LogP contribution < -0.4 is 14.5 Å². The molecule has 0 spiro atoms. The highest BCUT2D eigenvalue weighted by Gasteiger charge is 2.22. The highest BCUT2D eigenvalue weighted by molar-refractivity contribution is 8.00. The van der Waals surface area contributed by atoms with Crippen LogP contribution in [0, 0.1) is 13.8 Å². The van der Waals surface area contributed by atoms with Gasteiger partial charge < -0.3 is 4.74 Å². The molecule has 1 saturated heterocycles. The summed E-state index contributed by atoms with van der Waals surface area (Å²) >= 11 is 1.86. The van der Waals surface area contributed by atoms with Gasteiger partial charge in [-0.3, -0.25) is 9.10 Å². The lowest BCUT2D eigenvalue weighted by Crippen LogP contribution is -2.39. The Morgan fingerprint density at radius 3 is 2.53 bits per heavy atom. The number of hydrazone groups is 1. The average molecular weight is 448 g/mol. The fraction of sp³-hybridized carbons (Fsp3) is 0.333. The predicted octanol–water partition coefficient (Wildman–Crippen LogP) is 2.71. The van der Waals surface area contributed by atoms with Crippen molar-refractivity contribution in [3.63, 3.8) is 0 Å². The second kappa shape index (κ2) is 9.53. The number of aryl methyl sites for hydroxylation is 2. The van der Waals surface area contributed by atoms with Gasteiger partial charge in [-0.1, -0.05) is 12.1 Å². The molecule has 1 amide bonds. The van der Waals surface area contributed by atoms with Gasteiger partial charge in [0.05, 0.1) is 18.2 Å². The zero-order chi connectivity index (χ0) is 21.7. The SMILES string of the molecule is Cc1ccc(C)c(N(CC(=O)N/N=C\c2ccc(OC3CSC3)cc2)S(C)(=O)=O)c1. The molecule has 1 N–H and O–H groups in total. The molecule has 1 aliphatic heterocycles. The maximum Gasteiger partial charge on any atom is 0.260 e. The number of benzene rings is 2. The van der Waals surface area contributed by atoms with E-state index in [2.05, 4.69) is 10.5 Å². The minimum Gasteiger partial charge on any atom is -0.489 e. The van der Waals surface area contributed by atoms with E-state index in [-0.39, 0.29) is 12.6 Å². The summed E-state index contributed by atoms with van der Waals surface area (Å²) in [5, 5.41) is 3.94. The van der Waals surface area contributed by atoms with Gasteiger partial charge in [0.1, 0.15) is 18.4 Å². The summed E-state index contributed by atoms with van der Waals surface area (Å²) < 4.78 is 31.4. The quantitative estimate of drug-likeness (QED) is 0.497. The van der Waals surface area contributed by atoms with Gasteiger partial charge in [0.15, 0.2) is 0 Å². The highest BCUT2D eigenvalue weighted by Crippen LogP contribution is 2.24. The molecule has 0 atom stereocenters. The normalized spacial score (nSPS) is 14.4. The third kappa shape index (κ3) is 5.99. The molecule has 1 heterocycles. The number of rotatable bonds is 8. The number of hydrogen-bond acceptors (Lipinski definition) is 6. The van der Waals surface area contributed by atoms with Gasteiger partial charge in [-0.05, 0) is 60.9 Å². The number of ether oxygens (including phenoxy) is 1. The number of amides is 1. The molecular weight excluding hydrogens is 422 g/mol. The van der Waals surface area contributed by atoms with Crippen molar-refractivity contribution in [3.8, 4) is 5.75 Å². The fourth-order valence-electron chi connectivity index (χ4n) is 2.82. The Hall–Kier alpha value is -2.52. The van der Waals surface area contributed by atoms with E-state index in [1.807, 2.05) is 55.1 Å². The van der Waals surface area contributed by atoms with Crippen LogP contribution in [0.25, 0.3) is 0 Å². The molecule has 1 fully saturated rings. The van der Waals surface area contributed by atoms with Gasteiger partial charge in [-0.15, -0.1) is 0 Å². The number of thioether (sulfide) groups is 1. The van der Waals surface area contributed by atoms with E-state index in [9.17, 15) is 13.2 Å². The smallest absolute Gasteiger partial charge is 0.260 e. The Morgan fingerprint density at radius 2 is 1.93 bits per heavy atom. The van der Waals surface area contributed by atoms with E-state index in [0.29, 0.717) is 5.69 Å². The van der Waals surface area contributed by atoms with Crippen molar-refractivity contribution < 1.29 is 17.9 Å². The van der Waals surface area contributed by atoms with Crippen LogP contribution in [0.2, 0.25) is 0 Å².